The fourth-order valence-electron chi connectivity index (χ4n) is 4.68. The number of nitrogens with zero attached hydrogens (tertiary/aromatic N) is 2. The number of aromatic nitrogens is 1. The molecule has 8 nitrogen and oxygen atoms in total. The minimum absolute atomic E-state index is 0.0277. The number of ketones is 1. The van der Waals surface area contributed by atoms with E-state index in [1.54, 1.807) is 37.6 Å². The molecule has 1 aliphatic heterocycles. The van der Waals surface area contributed by atoms with Crippen LogP contribution in [0.4, 0.5) is 0 Å². The Morgan fingerprint density at radius 1 is 1.13 bits per heavy atom. The standard InChI is InChI=1S/C29H41N3O5S/c1-17-24(38-16-30-17)19-10-8-18(9-11-19)20(15-33)12-23(35)22-13-21(34)14-32(22)26(36)25(28(2,3)4)31-27(37)29(5,6)7/h8-11,16,20-22,25,33-34H,12-15H2,1-7H3,(H,31,37). The Hall–Kier alpha value is -2.62. The Kier molecular flexibility index (Phi) is 9.16. The van der Waals surface area contributed by atoms with Crippen molar-refractivity contribution in [1.29, 1.82) is 0 Å². The van der Waals surface area contributed by atoms with Crippen LogP contribution in [0.2, 0.25) is 0 Å². The third-order valence-corrected chi connectivity index (χ3v) is 8.04. The number of aryl methyl sites for hydroxylation is 1. The molecule has 0 saturated carbocycles. The zero-order valence-corrected chi connectivity index (χ0v) is 24.3. The average molecular weight is 544 g/mol. The van der Waals surface area contributed by atoms with Crippen LogP contribution in [0.3, 0.4) is 0 Å². The number of aliphatic hydroxyl groups is 2. The molecule has 2 heterocycles. The highest BCUT2D eigenvalue weighted by molar-refractivity contribution is 7.13. The van der Waals surface area contributed by atoms with Gasteiger partial charge in [0.2, 0.25) is 11.8 Å². The number of β-amino-alcohol motifs (C(OH)–C–C–N with tert-alkyl or cyclic N) is 1. The van der Waals surface area contributed by atoms with Gasteiger partial charge < -0.3 is 20.4 Å². The molecule has 4 atom stereocenters. The SMILES string of the molecule is Cc1ncsc1-c1ccc(C(CO)CC(=O)C2CC(O)CN2C(=O)C(NC(=O)C(C)(C)C)C(C)(C)C)cc1. The first-order chi connectivity index (χ1) is 17.6. The van der Waals surface area contributed by atoms with Crippen LogP contribution in [0.5, 0.6) is 0 Å². The number of carbonyl (C=O) groups excluding carboxylic acids is 3. The van der Waals surface area contributed by atoms with E-state index >= 15 is 0 Å². The lowest BCUT2D eigenvalue weighted by Crippen LogP contribution is -2.58. The van der Waals surface area contributed by atoms with Crippen molar-refractivity contribution < 1.29 is 24.6 Å². The molecule has 208 valence electrons. The van der Waals surface area contributed by atoms with Gasteiger partial charge in [-0.05, 0) is 23.5 Å². The molecule has 3 rings (SSSR count). The van der Waals surface area contributed by atoms with Crippen molar-refractivity contribution in [3.8, 4) is 10.4 Å². The quantitative estimate of drug-likeness (QED) is 0.467. The van der Waals surface area contributed by atoms with Crippen LogP contribution in [0.25, 0.3) is 10.4 Å². The van der Waals surface area contributed by atoms with Gasteiger partial charge in [0.15, 0.2) is 5.78 Å². The first kappa shape index (κ1) is 29.9. The molecule has 2 aromatic rings. The van der Waals surface area contributed by atoms with E-state index in [1.165, 1.54) is 4.90 Å². The van der Waals surface area contributed by atoms with E-state index in [1.807, 2.05) is 52.0 Å². The van der Waals surface area contributed by atoms with Gasteiger partial charge in [-0.15, -0.1) is 11.3 Å². The lowest BCUT2D eigenvalue weighted by molar-refractivity contribution is -0.144. The van der Waals surface area contributed by atoms with Crippen molar-refractivity contribution in [1.82, 2.24) is 15.2 Å². The second kappa shape index (κ2) is 11.6. The largest absolute Gasteiger partial charge is 0.396 e. The number of benzene rings is 1. The van der Waals surface area contributed by atoms with Crippen LogP contribution in [-0.2, 0) is 14.4 Å². The van der Waals surface area contributed by atoms with Crippen LogP contribution in [0, 0.1) is 17.8 Å². The molecular weight excluding hydrogens is 502 g/mol. The Labute approximate surface area is 229 Å². The van der Waals surface area contributed by atoms with Crippen LogP contribution < -0.4 is 5.32 Å². The van der Waals surface area contributed by atoms with Gasteiger partial charge in [0.1, 0.15) is 6.04 Å². The Bertz CT molecular complexity index is 1150. The minimum atomic E-state index is -0.855. The van der Waals surface area contributed by atoms with Gasteiger partial charge in [0, 0.05) is 30.7 Å². The monoisotopic (exact) mass is 543 g/mol. The van der Waals surface area contributed by atoms with Gasteiger partial charge in [-0.1, -0.05) is 65.8 Å². The number of Topliss-reactive ketones (excluding diaryl/α,β-unsaturated/α-hetero) is 1. The number of amides is 2. The molecule has 3 N–H and O–H groups in total. The summed E-state index contributed by atoms with van der Waals surface area (Å²) in [7, 11) is 0. The van der Waals surface area contributed by atoms with Crippen LogP contribution in [0.15, 0.2) is 29.8 Å². The molecule has 1 aromatic heterocycles. The molecule has 1 aliphatic rings. The van der Waals surface area contributed by atoms with Gasteiger partial charge in [-0.2, -0.15) is 0 Å². The molecule has 1 fully saturated rings. The second-order valence-electron chi connectivity index (χ2n) is 12.4. The molecule has 0 radical (unpaired) electrons. The molecule has 1 saturated heterocycles. The number of aliphatic hydroxyl groups excluding tert-OH is 2. The summed E-state index contributed by atoms with van der Waals surface area (Å²) in [4.78, 5) is 46.7. The van der Waals surface area contributed by atoms with Gasteiger partial charge in [0.25, 0.3) is 0 Å². The molecule has 0 bridgehead atoms. The molecule has 2 amide bonds. The van der Waals surface area contributed by atoms with E-state index in [0.717, 1.165) is 21.7 Å². The second-order valence-corrected chi connectivity index (χ2v) is 13.2. The summed E-state index contributed by atoms with van der Waals surface area (Å²) in [6.45, 7) is 12.7. The smallest absolute Gasteiger partial charge is 0.246 e. The zero-order valence-electron chi connectivity index (χ0n) is 23.4. The Morgan fingerprint density at radius 3 is 2.26 bits per heavy atom. The molecular formula is C29H41N3O5S. The zero-order chi connectivity index (χ0) is 28.4. The fourth-order valence-corrected chi connectivity index (χ4v) is 5.49. The van der Waals surface area contributed by atoms with Crippen molar-refractivity contribution in [2.45, 2.75) is 85.4 Å². The van der Waals surface area contributed by atoms with E-state index in [0.29, 0.717) is 0 Å². The maximum absolute atomic E-state index is 13.7. The Morgan fingerprint density at radius 2 is 1.76 bits per heavy atom. The van der Waals surface area contributed by atoms with Gasteiger partial charge >= 0.3 is 0 Å². The summed E-state index contributed by atoms with van der Waals surface area (Å²) in [5.41, 5.74) is 3.31. The summed E-state index contributed by atoms with van der Waals surface area (Å²) in [6, 6.07) is 6.07. The van der Waals surface area contributed by atoms with Crippen LogP contribution in [-0.4, -0.2) is 69.0 Å². The number of rotatable bonds is 8. The minimum Gasteiger partial charge on any atom is -0.396 e. The highest BCUT2D eigenvalue weighted by Crippen LogP contribution is 2.32. The third-order valence-electron chi connectivity index (χ3n) is 7.06. The van der Waals surface area contributed by atoms with Crippen molar-refractivity contribution in [3.05, 3.63) is 41.0 Å². The van der Waals surface area contributed by atoms with Crippen molar-refractivity contribution in [3.63, 3.8) is 0 Å². The van der Waals surface area contributed by atoms with E-state index < -0.39 is 34.9 Å². The van der Waals surface area contributed by atoms with Gasteiger partial charge in [-0.3, -0.25) is 14.4 Å². The number of nitrogens with one attached hydrogen (secondary N) is 1. The third kappa shape index (κ3) is 6.87. The first-order valence-electron chi connectivity index (χ1n) is 13.1. The number of carbonyl (C=O) groups is 3. The number of hydrogen-bond donors (Lipinski definition) is 3. The van der Waals surface area contributed by atoms with Gasteiger partial charge in [-0.25, -0.2) is 4.98 Å². The summed E-state index contributed by atoms with van der Waals surface area (Å²) in [6.07, 6.45) is -0.664. The summed E-state index contributed by atoms with van der Waals surface area (Å²) >= 11 is 1.56. The molecule has 1 aromatic carbocycles. The average Bonchev–Trinajstić information content (AvgIpc) is 3.44. The summed E-state index contributed by atoms with van der Waals surface area (Å²) < 4.78 is 0. The summed E-state index contributed by atoms with van der Waals surface area (Å²) in [5.74, 6) is -1.29. The molecule has 0 spiro atoms. The number of thiazole rings is 1. The fraction of sp³-hybridized carbons (Fsp3) is 0.586. The van der Waals surface area contributed by atoms with E-state index in [-0.39, 0.29) is 43.6 Å². The van der Waals surface area contributed by atoms with Crippen molar-refractivity contribution in [2.75, 3.05) is 13.2 Å². The van der Waals surface area contributed by atoms with Gasteiger partial charge in [0.05, 0.1) is 34.8 Å². The topological polar surface area (TPSA) is 120 Å². The van der Waals surface area contributed by atoms with Crippen molar-refractivity contribution in [2.24, 2.45) is 10.8 Å². The van der Waals surface area contributed by atoms with Crippen LogP contribution >= 0.6 is 11.3 Å². The van der Waals surface area contributed by atoms with Crippen molar-refractivity contribution >= 4 is 28.9 Å². The predicted octanol–water partition coefficient (Wildman–Crippen LogP) is 3.69. The predicted molar refractivity (Wildman–Crippen MR) is 149 cm³/mol. The Balaban J connectivity index is 1.78. The lowest BCUT2D eigenvalue weighted by Gasteiger charge is -2.36. The maximum atomic E-state index is 13.7. The summed E-state index contributed by atoms with van der Waals surface area (Å²) in [5, 5.41) is 23.4. The molecule has 0 aliphatic carbocycles. The first-order valence-corrected chi connectivity index (χ1v) is 13.9. The number of likely N-dealkylation sites (tertiary alicyclic amines) is 1. The van der Waals surface area contributed by atoms with E-state index in [2.05, 4.69) is 10.3 Å². The normalized spacial score (nSPS) is 19.8. The van der Waals surface area contributed by atoms with Crippen LogP contribution in [0.1, 0.15) is 71.6 Å². The molecule has 38 heavy (non-hydrogen) atoms. The lowest BCUT2D eigenvalue weighted by atomic mass is 9.84. The highest BCUT2D eigenvalue weighted by atomic mass is 32.1. The molecule has 9 heteroatoms. The molecule has 4 unspecified atom stereocenters. The number of hydrogen-bond acceptors (Lipinski definition) is 7. The highest BCUT2D eigenvalue weighted by Gasteiger charge is 2.45. The van der Waals surface area contributed by atoms with E-state index in [9.17, 15) is 24.6 Å². The maximum Gasteiger partial charge on any atom is 0.246 e. The van der Waals surface area contributed by atoms with E-state index in [4.69, 9.17) is 0 Å².